The molecule has 0 aromatic rings. The monoisotopic (exact) mass is 198 g/mol. The molecule has 1 saturated heterocycles. The molecule has 1 aliphatic carbocycles. The molecular weight excluding hydrogens is 176 g/mol. The van der Waals surface area contributed by atoms with Crippen LogP contribution in [0.2, 0.25) is 0 Å². The van der Waals surface area contributed by atoms with Crippen molar-refractivity contribution in [3.8, 4) is 0 Å². The molecule has 1 N–H and O–H groups in total. The summed E-state index contributed by atoms with van der Waals surface area (Å²) in [4.78, 5) is 0. The SMILES string of the molecule is OC(CCCC1CC1)CCCC1CO1. The van der Waals surface area contributed by atoms with Crippen LogP contribution in [0.25, 0.3) is 0 Å². The predicted molar refractivity (Wildman–Crippen MR) is 56.2 cm³/mol. The van der Waals surface area contributed by atoms with Crippen molar-refractivity contribution >= 4 is 0 Å². The Hall–Kier alpha value is -0.0800. The van der Waals surface area contributed by atoms with Gasteiger partial charge in [-0.25, -0.2) is 0 Å². The van der Waals surface area contributed by atoms with Gasteiger partial charge < -0.3 is 9.84 Å². The van der Waals surface area contributed by atoms with Crippen molar-refractivity contribution in [2.45, 2.75) is 63.6 Å². The zero-order valence-electron chi connectivity index (χ0n) is 8.95. The topological polar surface area (TPSA) is 32.8 Å². The maximum absolute atomic E-state index is 9.67. The fraction of sp³-hybridized carbons (Fsp3) is 1.00. The first-order chi connectivity index (χ1) is 6.84. The molecule has 0 radical (unpaired) electrons. The molecular formula is C12H22O2. The zero-order valence-corrected chi connectivity index (χ0v) is 8.95. The second-order valence-electron chi connectivity index (χ2n) is 4.91. The lowest BCUT2D eigenvalue weighted by Crippen LogP contribution is -2.06. The molecule has 0 spiro atoms. The fourth-order valence-electron chi connectivity index (χ4n) is 2.01. The Kier molecular flexibility index (Phi) is 3.82. The van der Waals surface area contributed by atoms with Gasteiger partial charge in [-0.1, -0.05) is 25.7 Å². The van der Waals surface area contributed by atoms with Gasteiger partial charge in [0.25, 0.3) is 0 Å². The minimum Gasteiger partial charge on any atom is -0.393 e. The fourth-order valence-corrected chi connectivity index (χ4v) is 2.01. The Morgan fingerprint density at radius 1 is 1.14 bits per heavy atom. The lowest BCUT2D eigenvalue weighted by molar-refractivity contribution is 0.146. The second kappa shape index (κ2) is 5.13. The molecule has 0 aromatic heterocycles. The van der Waals surface area contributed by atoms with Crippen LogP contribution in [0, 0.1) is 5.92 Å². The van der Waals surface area contributed by atoms with E-state index in [9.17, 15) is 5.11 Å². The summed E-state index contributed by atoms with van der Waals surface area (Å²) < 4.78 is 5.13. The Labute approximate surface area is 86.6 Å². The molecule has 0 aromatic carbocycles. The number of ether oxygens (including phenoxy) is 1. The highest BCUT2D eigenvalue weighted by Gasteiger charge is 2.22. The minimum atomic E-state index is -0.0486. The molecule has 82 valence electrons. The minimum absolute atomic E-state index is 0.0486. The van der Waals surface area contributed by atoms with E-state index >= 15 is 0 Å². The van der Waals surface area contributed by atoms with Gasteiger partial charge in [0.1, 0.15) is 0 Å². The average molecular weight is 198 g/mol. The molecule has 14 heavy (non-hydrogen) atoms. The van der Waals surface area contributed by atoms with Crippen LogP contribution in [-0.4, -0.2) is 23.9 Å². The standard InChI is InChI=1S/C12H22O2/c13-11(4-1-3-10-7-8-10)5-2-6-12-9-14-12/h10-13H,1-9H2. The third-order valence-electron chi connectivity index (χ3n) is 3.31. The molecule has 1 heterocycles. The number of aliphatic hydroxyl groups is 1. The van der Waals surface area contributed by atoms with Crippen LogP contribution < -0.4 is 0 Å². The van der Waals surface area contributed by atoms with Crippen LogP contribution in [0.4, 0.5) is 0 Å². The van der Waals surface area contributed by atoms with Crippen molar-refractivity contribution in [1.29, 1.82) is 0 Å². The Bertz CT molecular complexity index is 144. The molecule has 2 fully saturated rings. The Balaban J connectivity index is 1.38. The van der Waals surface area contributed by atoms with E-state index in [2.05, 4.69) is 0 Å². The van der Waals surface area contributed by atoms with Gasteiger partial charge in [0.05, 0.1) is 18.8 Å². The molecule has 2 aliphatic rings. The average Bonchev–Trinajstić information content (AvgIpc) is 2.99. The highest BCUT2D eigenvalue weighted by Crippen LogP contribution is 2.34. The molecule has 0 bridgehead atoms. The smallest absolute Gasteiger partial charge is 0.0810 e. The van der Waals surface area contributed by atoms with Gasteiger partial charge in [-0.05, 0) is 31.6 Å². The van der Waals surface area contributed by atoms with Crippen LogP contribution in [0.15, 0.2) is 0 Å². The van der Waals surface area contributed by atoms with E-state index in [1.165, 1.54) is 25.7 Å². The van der Waals surface area contributed by atoms with Crippen molar-refractivity contribution in [3.05, 3.63) is 0 Å². The van der Waals surface area contributed by atoms with E-state index in [0.29, 0.717) is 6.10 Å². The Morgan fingerprint density at radius 2 is 1.79 bits per heavy atom. The quantitative estimate of drug-likeness (QED) is 0.608. The number of hydrogen-bond donors (Lipinski definition) is 1. The van der Waals surface area contributed by atoms with Crippen molar-refractivity contribution in [2.24, 2.45) is 5.92 Å². The summed E-state index contributed by atoms with van der Waals surface area (Å²) in [5.41, 5.74) is 0. The van der Waals surface area contributed by atoms with E-state index in [1.807, 2.05) is 0 Å². The first kappa shape index (κ1) is 10.4. The Morgan fingerprint density at radius 3 is 2.36 bits per heavy atom. The molecule has 0 amide bonds. The van der Waals surface area contributed by atoms with Gasteiger partial charge in [-0.15, -0.1) is 0 Å². The third-order valence-corrected chi connectivity index (χ3v) is 3.31. The zero-order chi connectivity index (χ0) is 9.80. The van der Waals surface area contributed by atoms with Crippen molar-refractivity contribution in [1.82, 2.24) is 0 Å². The number of aliphatic hydroxyl groups excluding tert-OH is 1. The molecule has 2 unspecified atom stereocenters. The van der Waals surface area contributed by atoms with E-state index in [-0.39, 0.29) is 6.10 Å². The maximum atomic E-state index is 9.67. The summed E-state index contributed by atoms with van der Waals surface area (Å²) in [5.74, 6) is 1.02. The summed E-state index contributed by atoms with van der Waals surface area (Å²) in [5, 5.41) is 9.67. The lowest BCUT2D eigenvalue weighted by Gasteiger charge is -2.09. The number of rotatable bonds is 8. The van der Waals surface area contributed by atoms with Gasteiger partial charge in [-0.2, -0.15) is 0 Å². The summed E-state index contributed by atoms with van der Waals surface area (Å²) in [6.45, 7) is 0.956. The number of hydrogen-bond acceptors (Lipinski definition) is 2. The highest BCUT2D eigenvalue weighted by atomic mass is 16.6. The third kappa shape index (κ3) is 4.43. The van der Waals surface area contributed by atoms with Crippen LogP contribution in [-0.2, 0) is 4.74 Å². The van der Waals surface area contributed by atoms with Crippen LogP contribution in [0.1, 0.15) is 51.4 Å². The van der Waals surface area contributed by atoms with Gasteiger partial charge in [0.15, 0.2) is 0 Å². The largest absolute Gasteiger partial charge is 0.393 e. The highest BCUT2D eigenvalue weighted by molar-refractivity contribution is 4.74. The molecule has 1 saturated carbocycles. The summed E-state index contributed by atoms with van der Waals surface area (Å²) in [6, 6.07) is 0. The van der Waals surface area contributed by atoms with Crippen molar-refractivity contribution < 1.29 is 9.84 Å². The van der Waals surface area contributed by atoms with Crippen LogP contribution in [0.5, 0.6) is 0 Å². The van der Waals surface area contributed by atoms with Gasteiger partial charge in [0.2, 0.25) is 0 Å². The molecule has 2 heteroatoms. The molecule has 1 aliphatic heterocycles. The first-order valence-electron chi connectivity index (χ1n) is 6.14. The molecule has 2 nitrogen and oxygen atoms in total. The molecule has 2 rings (SSSR count). The van der Waals surface area contributed by atoms with Crippen molar-refractivity contribution in [3.63, 3.8) is 0 Å². The van der Waals surface area contributed by atoms with E-state index in [4.69, 9.17) is 4.74 Å². The lowest BCUT2D eigenvalue weighted by atomic mass is 10.0. The van der Waals surface area contributed by atoms with E-state index in [1.54, 1.807) is 0 Å². The normalized spacial score (nSPS) is 27.6. The van der Waals surface area contributed by atoms with Gasteiger partial charge in [0, 0.05) is 0 Å². The first-order valence-corrected chi connectivity index (χ1v) is 6.14. The number of epoxide rings is 1. The summed E-state index contributed by atoms with van der Waals surface area (Å²) >= 11 is 0. The van der Waals surface area contributed by atoms with Gasteiger partial charge >= 0.3 is 0 Å². The van der Waals surface area contributed by atoms with Crippen LogP contribution in [0.3, 0.4) is 0 Å². The molecule has 2 atom stereocenters. The van der Waals surface area contributed by atoms with Gasteiger partial charge in [-0.3, -0.25) is 0 Å². The predicted octanol–water partition coefficient (Wildman–Crippen LogP) is 2.50. The van der Waals surface area contributed by atoms with Crippen molar-refractivity contribution in [2.75, 3.05) is 6.61 Å². The van der Waals surface area contributed by atoms with Crippen LogP contribution >= 0.6 is 0 Å². The van der Waals surface area contributed by atoms with E-state index < -0.39 is 0 Å². The maximum Gasteiger partial charge on any atom is 0.0810 e. The summed E-state index contributed by atoms with van der Waals surface area (Å²) in [7, 11) is 0. The van der Waals surface area contributed by atoms with E-state index in [0.717, 1.165) is 38.2 Å². The second-order valence-corrected chi connectivity index (χ2v) is 4.91. The summed E-state index contributed by atoms with van der Waals surface area (Å²) in [6.07, 6.45) is 10.2.